The number of rotatable bonds is 8. The van der Waals surface area contributed by atoms with Crippen LogP contribution in [0.3, 0.4) is 0 Å². The number of halogens is 1. The highest BCUT2D eigenvalue weighted by Gasteiger charge is 2.37. The number of hydrogen-bond donors (Lipinski definition) is 2. The maximum Gasteiger partial charge on any atom is 0.301 e. The maximum absolute atomic E-state index is 14.5. The monoisotopic (exact) mass is 302 g/mol. The smallest absolute Gasteiger partial charge is 0.301 e. The number of hydrogen-bond acceptors (Lipinski definition) is 3. The summed E-state index contributed by atoms with van der Waals surface area (Å²) in [6, 6.07) is 18.5. The van der Waals surface area contributed by atoms with E-state index in [4.69, 9.17) is 10.5 Å². The number of nitrogens with two attached hydrogens (primary N) is 1. The van der Waals surface area contributed by atoms with E-state index in [1.165, 1.54) is 0 Å². The summed E-state index contributed by atoms with van der Waals surface area (Å²) in [5, 5.41) is 2.86. The molecule has 0 aliphatic rings. The second-order valence-corrected chi connectivity index (χ2v) is 4.96. The van der Waals surface area contributed by atoms with Crippen molar-refractivity contribution in [2.24, 2.45) is 5.73 Å². The summed E-state index contributed by atoms with van der Waals surface area (Å²) < 4.78 is 19.7. The van der Waals surface area contributed by atoms with Crippen LogP contribution >= 0.6 is 0 Å². The van der Waals surface area contributed by atoms with Crippen LogP contribution in [0, 0.1) is 0 Å². The molecule has 0 saturated heterocycles. The summed E-state index contributed by atoms with van der Waals surface area (Å²) in [6.07, 6.45) is 0. The molecule has 0 heterocycles. The molecule has 22 heavy (non-hydrogen) atoms. The van der Waals surface area contributed by atoms with Crippen LogP contribution in [-0.4, -0.2) is 18.3 Å². The lowest BCUT2D eigenvalue weighted by Crippen LogP contribution is -2.49. The van der Waals surface area contributed by atoms with E-state index in [-0.39, 0.29) is 13.2 Å². The summed E-state index contributed by atoms with van der Waals surface area (Å²) in [7, 11) is 0. The zero-order chi connectivity index (χ0) is 15.8. The first-order valence-corrected chi connectivity index (χ1v) is 7.01. The first kappa shape index (κ1) is 16.1. The van der Waals surface area contributed by atoms with Gasteiger partial charge in [0, 0.05) is 6.54 Å². The average Bonchev–Trinajstić information content (AvgIpc) is 2.55. The van der Waals surface area contributed by atoms with Crippen molar-refractivity contribution in [1.29, 1.82) is 0 Å². The Morgan fingerprint density at radius 2 is 1.59 bits per heavy atom. The molecule has 4 nitrogen and oxygen atoms in total. The van der Waals surface area contributed by atoms with E-state index in [1.807, 2.05) is 48.5 Å². The summed E-state index contributed by atoms with van der Waals surface area (Å²) in [5.74, 6) is -3.67. The highest BCUT2D eigenvalue weighted by Crippen LogP contribution is 2.15. The minimum absolute atomic E-state index is 0.0205. The lowest BCUT2D eigenvalue weighted by molar-refractivity contribution is -0.176. The Balaban J connectivity index is 1.89. The van der Waals surface area contributed by atoms with Crippen molar-refractivity contribution in [2.75, 3.05) is 6.54 Å². The molecule has 2 aromatic rings. The van der Waals surface area contributed by atoms with E-state index in [2.05, 4.69) is 5.32 Å². The van der Waals surface area contributed by atoms with Gasteiger partial charge in [-0.15, -0.1) is 0 Å². The second-order valence-electron chi connectivity index (χ2n) is 4.96. The first-order valence-electron chi connectivity index (χ1n) is 7.01. The molecule has 0 fully saturated rings. The van der Waals surface area contributed by atoms with Crippen molar-refractivity contribution >= 4 is 5.91 Å². The number of ether oxygens (including phenoxy) is 1. The Morgan fingerprint density at radius 3 is 2.14 bits per heavy atom. The molecule has 1 atom stereocenters. The van der Waals surface area contributed by atoms with Crippen LogP contribution in [0.1, 0.15) is 11.1 Å². The van der Waals surface area contributed by atoms with Crippen molar-refractivity contribution in [3.8, 4) is 0 Å². The Kier molecular flexibility index (Phi) is 5.63. The molecule has 5 heteroatoms. The number of primary amides is 1. The Bertz CT molecular complexity index is 592. The predicted molar refractivity (Wildman–Crippen MR) is 82.4 cm³/mol. The highest BCUT2D eigenvalue weighted by molar-refractivity contribution is 5.82. The third-order valence-electron chi connectivity index (χ3n) is 3.20. The fourth-order valence-corrected chi connectivity index (χ4v) is 1.94. The molecule has 0 radical (unpaired) electrons. The van der Waals surface area contributed by atoms with E-state index in [0.29, 0.717) is 6.54 Å². The zero-order valence-electron chi connectivity index (χ0n) is 12.2. The Labute approximate surface area is 129 Å². The van der Waals surface area contributed by atoms with Crippen LogP contribution in [0.2, 0.25) is 0 Å². The lowest BCUT2D eigenvalue weighted by Gasteiger charge is -2.22. The van der Waals surface area contributed by atoms with Crippen LogP contribution in [0.25, 0.3) is 0 Å². The molecule has 0 aromatic heterocycles. The van der Waals surface area contributed by atoms with E-state index in [1.54, 1.807) is 12.1 Å². The fourth-order valence-electron chi connectivity index (χ4n) is 1.94. The van der Waals surface area contributed by atoms with Crippen molar-refractivity contribution in [2.45, 2.75) is 19.0 Å². The number of nitrogens with one attached hydrogen (secondary N) is 1. The average molecular weight is 302 g/mol. The summed E-state index contributed by atoms with van der Waals surface area (Å²) in [6.45, 7) is 0.103. The third kappa shape index (κ3) is 4.65. The number of benzene rings is 2. The van der Waals surface area contributed by atoms with Gasteiger partial charge < -0.3 is 15.8 Å². The minimum atomic E-state index is -2.54. The highest BCUT2D eigenvalue weighted by atomic mass is 19.2. The van der Waals surface area contributed by atoms with Crippen molar-refractivity contribution in [3.05, 3.63) is 71.8 Å². The number of alkyl halides is 1. The second kappa shape index (κ2) is 7.68. The summed E-state index contributed by atoms with van der Waals surface area (Å²) in [4.78, 5) is 11.4. The van der Waals surface area contributed by atoms with Gasteiger partial charge in [-0.3, -0.25) is 4.79 Å². The largest absolute Gasteiger partial charge is 0.365 e. The van der Waals surface area contributed by atoms with Gasteiger partial charge in [0.15, 0.2) is 0 Å². The normalized spacial score (nSPS) is 13.5. The predicted octanol–water partition coefficient (Wildman–Crippen LogP) is 2.14. The standard InChI is InChI=1S/C17H19FN2O2/c18-17(16(19)21,22-12-15-9-5-2-6-10-15)13-20-11-14-7-3-1-4-8-14/h1-10,20H,11-13H2,(H2,19,21). The van der Waals surface area contributed by atoms with Crippen LogP contribution in [0.4, 0.5) is 4.39 Å². The molecule has 0 spiro atoms. The molecule has 1 unspecified atom stereocenters. The molecule has 0 saturated carbocycles. The van der Waals surface area contributed by atoms with E-state index < -0.39 is 11.8 Å². The van der Waals surface area contributed by atoms with E-state index in [0.717, 1.165) is 11.1 Å². The molecule has 1 amide bonds. The van der Waals surface area contributed by atoms with Gasteiger partial charge in [0.2, 0.25) is 0 Å². The van der Waals surface area contributed by atoms with Gasteiger partial charge >= 0.3 is 5.85 Å². The van der Waals surface area contributed by atoms with Gasteiger partial charge in [0.25, 0.3) is 5.91 Å². The molecular weight excluding hydrogens is 283 g/mol. The molecule has 2 rings (SSSR count). The number of carbonyl (C=O) groups is 1. The SMILES string of the molecule is NC(=O)C(F)(CNCc1ccccc1)OCc1ccccc1. The maximum atomic E-state index is 14.5. The molecule has 116 valence electrons. The van der Waals surface area contributed by atoms with Crippen molar-refractivity contribution in [1.82, 2.24) is 5.32 Å². The molecular formula is C17H19FN2O2. The molecule has 0 aliphatic carbocycles. The molecule has 2 aromatic carbocycles. The topological polar surface area (TPSA) is 64.4 Å². The summed E-state index contributed by atoms with van der Waals surface area (Å²) >= 11 is 0. The van der Waals surface area contributed by atoms with Crippen LogP contribution in [0.5, 0.6) is 0 Å². The van der Waals surface area contributed by atoms with E-state index in [9.17, 15) is 9.18 Å². The fraction of sp³-hybridized carbons (Fsp3) is 0.235. The Morgan fingerprint density at radius 1 is 1.05 bits per heavy atom. The van der Waals surface area contributed by atoms with E-state index >= 15 is 0 Å². The van der Waals surface area contributed by atoms with Gasteiger partial charge in [-0.05, 0) is 11.1 Å². The third-order valence-corrected chi connectivity index (χ3v) is 3.20. The van der Waals surface area contributed by atoms with Crippen molar-refractivity contribution < 1.29 is 13.9 Å². The zero-order valence-corrected chi connectivity index (χ0v) is 12.2. The number of amides is 1. The first-order chi connectivity index (χ1) is 10.6. The quantitative estimate of drug-likeness (QED) is 0.785. The van der Waals surface area contributed by atoms with Crippen LogP contribution in [-0.2, 0) is 22.7 Å². The number of carbonyl (C=O) groups excluding carboxylic acids is 1. The van der Waals surface area contributed by atoms with Gasteiger partial charge in [-0.25, -0.2) is 0 Å². The van der Waals surface area contributed by atoms with Crippen LogP contribution in [0.15, 0.2) is 60.7 Å². The molecule has 0 bridgehead atoms. The van der Waals surface area contributed by atoms with Gasteiger partial charge in [0.1, 0.15) is 0 Å². The Hall–Kier alpha value is -2.24. The lowest BCUT2D eigenvalue weighted by atomic mass is 10.2. The molecule has 0 aliphatic heterocycles. The van der Waals surface area contributed by atoms with Gasteiger partial charge in [-0.2, -0.15) is 4.39 Å². The van der Waals surface area contributed by atoms with Gasteiger partial charge in [0.05, 0.1) is 13.2 Å². The summed E-state index contributed by atoms with van der Waals surface area (Å²) in [5.41, 5.74) is 6.89. The minimum Gasteiger partial charge on any atom is -0.365 e. The van der Waals surface area contributed by atoms with Crippen LogP contribution < -0.4 is 11.1 Å². The van der Waals surface area contributed by atoms with Crippen molar-refractivity contribution in [3.63, 3.8) is 0 Å². The molecule has 3 N–H and O–H groups in total. The van der Waals surface area contributed by atoms with Gasteiger partial charge in [-0.1, -0.05) is 60.7 Å².